The number of phenolic OH excluding ortho intramolecular Hbond substituents is 2. The maximum Gasteiger partial charge on any atom is 0.168 e. The number of hydrogen-bond acceptors (Lipinski definition) is 5. The summed E-state index contributed by atoms with van der Waals surface area (Å²) in [6.07, 6.45) is 4.74. The van der Waals surface area contributed by atoms with Gasteiger partial charge in [-0.1, -0.05) is 12.1 Å². The summed E-state index contributed by atoms with van der Waals surface area (Å²) in [6, 6.07) is 12.0. The van der Waals surface area contributed by atoms with Crippen LogP contribution in [0.2, 0.25) is 0 Å². The molecule has 3 aromatic heterocycles. The molecule has 0 aliphatic rings. The van der Waals surface area contributed by atoms with Crippen molar-refractivity contribution in [3.8, 4) is 39.9 Å². The highest BCUT2D eigenvalue weighted by Gasteiger charge is 2.19. The normalized spacial score (nSPS) is 11.0. The number of aromatic nitrogens is 3. The zero-order valence-corrected chi connectivity index (χ0v) is 12.5. The van der Waals surface area contributed by atoms with E-state index in [1.54, 1.807) is 28.8 Å². The van der Waals surface area contributed by atoms with Crippen molar-refractivity contribution < 1.29 is 15.3 Å². The van der Waals surface area contributed by atoms with Gasteiger partial charge in [0.05, 0.1) is 17.3 Å². The predicted octanol–water partition coefficient (Wildman–Crippen LogP) is 3.18. The van der Waals surface area contributed by atoms with Crippen LogP contribution < -0.4 is 0 Å². The van der Waals surface area contributed by atoms with Gasteiger partial charge in [-0.05, 0) is 30.3 Å². The molecule has 24 heavy (non-hydrogen) atoms. The molecule has 0 amide bonds. The van der Waals surface area contributed by atoms with Crippen LogP contribution in [-0.2, 0) is 0 Å². The van der Waals surface area contributed by atoms with Crippen molar-refractivity contribution in [1.82, 2.24) is 14.4 Å². The van der Waals surface area contributed by atoms with Gasteiger partial charge < -0.3 is 15.3 Å². The highest BCUT2D eigenvalue weighted by atomic mass is 16.3. The van der Waals surface area contributed by atoms with Gasteiger partial charge in [0, 0.05) is 18.0 Å². The fourth-order valence-electron chi connectivity index (χ4n) is 2.72. The van der Waals surface area contributed by atoms with Gasteiger partial charge in [0.15, 0.2) is 11.5 Å². The molecule has 6 heteroatoms. The van der Waals surface area contributed by atoms with Crippen molar-refractivity contribution in [3.05, 3.63) is 61.1 Å². The van der Waals surface area contributed by atoms with E-state index in [1.165, 1.54) is 12.3 Å². The van der Waals surface area contributed by atoms with Crippen LogP contribution in [0.4, 0.5) is 0 Å². The van der Waals surface area contributed by atoms with Crippen LogP contribution in [0.3, 0.4) is 0 Å². The third kappa shape index (κ3) is 2.04. The van der Waals surface area contributed by atoms with Gasteiger partial charge in [0.2, 0.25) is 0 Å². The summed E-state index contributed by atoms with van der Waals surface area (Å²) in [6.45, 7) is 0. The van der Waals surface area contributed by atoms with E-state index >= 15 is 0 Å². The van der Waals surface area contributed by atoms with Crippen molar-refractivity contribution >= 4 is 5.52 Å². The van der Waals surface area contributed by atoms with Crippen LogP contribution in [0.5, 0.6) is 17.2 Å². The highest BCUT2D eigenvalue weighted by molar-refractivity contribution is 5.85. The van der Waals surface area contributed by atoms with Gasteiger partial charge in [-0.25, -0.2) is 4.98 Å². The minimum Gasteiger partial charge on any atom is -0.506 e. The second kappa shape index (κ2) is 5.27. The Hall–Kier alpha value is -3.54. The smallest absolute Gasteiger partial charge is 0.168 e. The number of pyridine rings is 2. The molecule has 0 spiro atoms. The average Bonchev–Trinajstić information content (AvgIpc) is 2.97. The van der Waals surface area contributed by atoms with Crippen molar-refractivity contribution in [2.24, 2.45) is 0 Å². The van der Waals surface area contributed by atoms with E-state index in [1.807, 2.05) is 24.4 Å². The summed E-state index contributed by atoms with van der Waals surface area (Å²) in [5.74, 6) is 0.0329. The SMILES string of the molecule is Oc1cnccc1-c1nc(-c2cccc(O)c2O)n2ccccc12. The van der Waals surface area contributed by atoms with Crippen molar-refractivity contribution in [1.29, 1.82) is 0 Å². The van der Waals surface area contributed by atoms with Gasteiger partial charge in [0.1, 0.15) is 17.3 Å². The number of nitrogens with zero attached hydrogens (tertiary/aromatic N) is 3. The van der Waals surface area contributed by atoms with Crippen molar-refractivity contribution in [2.75, 3.05) is 0 Å². The minimum atomic E-state index is -0.237. The van der Waals surface area contributed by atoms with Crippen molar-refractivity contribution in [3.63, 3.8) is 0 Å². The lowest BCUT2D eigenvalue weighted by molar-refractivity contribution is 0.405. The number of phenols is 2. The number of aromatic hydroxyl groups is 3. The highest BCUT2D eigenvalue weighted by Crippen LogP contribution is 2.39. The number of benzene rings is 1. The lowest BCUT2D eigenvalue weighted by atomic mass is 10.1. The van der Waals surface area contributed by atoms with Gasteiger partial charge in [-0.2, -0.15) is 0 Å². The molecule has 0 fully saturated rings. The second-order valence-corrected chi connectivity index (χ2v) is 5.31. The van der Waals surface area contributed by atoms with Crippen LogP contribution >= 0.6 is 0 Å². The fraction of sp³-hybridized carbons (Fsp3) is 0. The molecule has 0 radical (unpaired) electrons. The number of imidazole rings is 1. The molecule has 118 valence electrons. The molecule has 0 unspecified atom stereocenters. The Morgan fingerprint density at radius 2 is 1.71 bits per heavy atom. The number of fused-ring (bicyclic) bond motifs is 1. The van der Waals surface area contributed by atoms with E-state index in [-0.39, 0.29) is 17.2 Å². The molecule has 0 aliphatic heterocycles. The Labute approximate surface area is 136 Å². The predicted molar refractivity (Wildman–Crippen MR) is 88.9 cm³/mol. The third-order valence-electron chi connectivity index (χ3n) is 3.86. The molecule has 1 aromatic carbocycles. The van der Waals surface area contributed by atoms with E-state index in [0.717, 1.165) is 5.52 Å². The van der Waals surface area contributed by atoms with E-state index in [4.69, 9.17) is 0 Å². The summed E-state index contributed by atoms with van der Waals surface area (Å²) in [4.78, 5) is 8.48. The van der Waals surface area contributed by atoms with E-state index in [2.05, 4.69) is 9.97 Å². The zero-order valence-electron chi connectivity index (χ0n) is 12.5. The fourth-order valence-corrected chi connectivity index (χ4v) is 2.72. The number of hydrogen-bond donors (Lipinski definition) is 3. The molecule has 4 aromatic rings. The molecule has 4 rings (SSSR count). The van der Waals surface area contributed by atoms with Crippen LogP contribution in [0.25, 0.3) is 28.2 Å². The van der Waals surface area contributed by atoms with Crippen LogP contribution in [-0.4, -0.2) is 29.7 Å². The molecule has 0 aliphatic carbocycles. The zero-order chi connectivity index (χ0) is 16.7. The van der Waals surface area contributed by atoms with E-state index < -0.39 is 0 Å². The lowest BCUT2D eigenvalue weighted by Crippen LogP contribution is -1.89. The van der Waals surface area contributed by atoms with Gasteiger partial charge in [-0.3, -0.25) is 9.38 Å². The monoisotopic (exact) mass is 319 g/mol. The summed E-state index contributed by atoms with van der Waals surface area (Å²) in [5, 5.41) is 30.0. The second-order valence-electron chi connectivity index (χ2n) is 5.31. The van der Waals surface area contributed by atoms with Crippen molar-refractivity contribution in [2.45, 2.75) is 0 Å². The summed E-state index contributed by atoms with van der Waals surface area (Å²) < 4.78 is 1.80. The first kappa shape index (κ1) is 14.1. The topological polar surface area (TPSA) is 90.9 Å². The van der Waals surface area contributed by atoms with Crippen LogP contribution in [0.15, 0.2) is 61.1 Å². The van der Waals surface area contributed by atoms with Crippen LogP contribution in [0, 0.1) is 0 Å². The lowest BCUT2D eigenvalue weighted by Gasteiger charge is -2.05. The Balaban J connectivity index is 2.06. The molecule has 0 saturated heterocycles. The third-order valence-corrected chi connectivity index (χ3v) is 3.86. The first-order chi connectivity index (χ1) is 11.7. The first-order valence-electron chi connectivity index (χ1n) is 7.28. The Kier molecular flexibility index (Phi) is 3.09. The largest absolute Gasteiger partial charge is 0.506 e. The Morgan fingerprint density at radius 1 is 0.833 bits per heavy atom. The number of para-hydroxylation sites is 1. The standard InChI is InChI=1S/C18H13N3O3/c22-14-6-3-4-12(17(14)24)18-20-16(11-7-8-19-10-15(11)23)13-5-1-2-9-21(13)18/h1-10,22-24H. The van der Waals surface area contributed by atoms with Gasteiger partial charge in [-0.15, -0.1) is 0 Å². The first-order valence-corrected chi connectivity index (χ1v) is 7.28. The molecular weight excluding hydrogens is 306 g/mol. The maximum atomic E-state index is 10.2. The van der Waals surface area contributed by atoms with E-state index in [9.17, 15) is 15.3 Å². The molecule has 0 saturated carbocycles. The average molecular weight is 319 g/mol. The molecule has 3 N–H and O–H groups in total. The summed E-state index contributed by atoms with van der Waals surface area (Å²) in [7, 11) is 0. The summed E-state index contributed by atoms with van der Waals surface area (Å²) in [5.41, 5.74) is 2.26. The molecule has 6 nitrogen and oxygen atoms in total. The Morgan fingerprint density at radius 3 is 2.54 bits per heavy atom. The van der Waals surface area contributed by atoms with Gasteiger partial charge >= 0.3 is 0 Å². The quantitative estimate of drug-likeness (QED) is 0.494. The van der Waals surface area contributed by atoms with E-state index in [0.29, 0.717) is 22.6 Å². The van der Waals surface area contributed by atoms with Crippen LogP contribution in [0.1, 0.15) is 0 Å². The maximum absolute atomic E-state index is 10.2. The van der Waals surface area contributed by atoms with Gasteiger partial charge in [0.25, 0.3) is 0 Å². The summed E-state index contributed by atoms with van der Waals surface area (Å²) >= 11 is 0. The molecular formula is C18H13N3O3. The Bertz CT molecular complexity index is 1060. The number of rotatable bonds is 2. The minimum absolute atomic E-state index is 0.0213. The molecule has 3 heterocycles. The molecule has 0 bridgehead atoms. The molecule has 0 atom stereocenters.